The zero-order valence-electron chi connectivity index (χ0n) is 22.3. The number of aryl methyl sites for hydroxylation is 2. The van der Waals surface area contributed by atoms with E-state index in [4.69, 9.17) is 0 Å². The van der Waals surface area contributed by atoms with Crippen LogP contribution in [0.1, 0.15) is 94.1 Å². The van der Waals surface area contributed by atoms with Crippen molar-refractivity contribution in [1.29, 1.82) is 0 Å². The first kappa shape index (κ1) is 26.4. The fourth-order valence-electron chi connectivity index (χ4n) is 5.66. The van der Waals surface area contributed by atoms with Crippen LogP contribution in [0.5, 0.6) is 0 Å². The Labute approximate surface area is 210 Å². The van der Waals surface area contributed by atoms with Crippen LogP contribution < -0.4 is 5.32 Å². The first-order valence-electron chi connectivity index (χ1n) is 12.6. The van der Waals surface area contributed by atoms with Crippen molar-refractivity contribution in [3.63, 3.8) is 0 Å². The van der Waals surface area contributed by atoms with E-state index >= 15 is 0 Å². The van der Waals surface area contributed by atoms with E-state index in [1.165, 1.54) is 36.8 Å². The molecule has 0 aromatic carbocycles. The molecule has 0 amide bonds. The van der Waals surface area contributed by atoms with Crippen LogP contribution in [0.4, 0.5) is 0 Å². The molecule has 2 aliphatic rings. The summed E-state index contributed by atoms with van der Waals surface area (Å²) in [5.74, 6) is 0.925. The molecule has 5 rings (SSSR count). The third-order valence-electron chi connectivity index (χ3n) is 6.79. The molecule has 1 unspecified atom stereocenters. The molecule has 0 saturated carbocycles. The highest BCUT2D eigenvalue weighted by atomic mass is 32.1. The molecule has 0 spiro atoms. The van der Waals surface area contributed by atoms with Crippen molar-refractivity contribution in [2.75, 3.05) is 0 Å². The number of pyridine rings is 1. The monoisotopic (exact) mass is 478 g/mol. The van der Waals surface area contributed by atoms with Gasteiger partial charge in [0.2, 0.25) is 0 Å². The van der Waals surface area contributed by atoms with Crippen LogP contribution in [-0.2, 0) is 0 Å². The molecule has 5 heterocycles. The van der Waals surface area contributed by atoms with Gasteiger partial charge in [-0.3, -0.25) is 0 Å². The van der Waals surface area contributed by atoms with Crippen LogP contribution in [-0.4, -0.2) is 25.4 Å². The Morgan fingerprint density at radius 2 is 1.76 bits per heavy atom. The molecule has 2 bridgehead atoms. The highest BCUT2D eigenvalue weighted by Crippen LogP contribution is 2.44. The summed E-state index contributed by atoms with van der Waals surface area (Å²) in [4.78, 5) is 10.1. The van der Waals surface area contributed by atoms with Gasteiger partial charge < -0.3 is 9.72 Å². The van der Waals surface area contributed by atoms with Crippen LogP contribution in [0.15, 0.2) is 31.1 Å². The van der Waals surface area contributed by atoms with Gasteiger partial charge in [0.1, 0.15) is 5.65 Å². The number of fused-ring (bicyclic) bond motifs is 3. The SMILES string of the molecule is C=Cc1nc(C)sc1/C=C(\C)c1ccc2nc(C)cn2c1.CC.CC1C[C@]2(C)CC[C@](C)(C1)N2. The number of rotatable bonds is 3. The smallest absolute Gasteiger partial charge is 0.136 e. The Morgan fingerprint density at radius 1 is 1.12 bits per heavy atom. The first-order chi connectivity index (χ1) is 16.1. The lowest BCUT2D eigenvalue weighted by Crippen LogP contribution is -2.53. The summed E-state index contributed by atoms with van der Waals surface area (Å²) >= 11 is 1.69. The number of nitrogens with one attached hydrogen (secondary N) is 1. The summed E-state index contributed by atoms with van der Waals surface area (Å²) in [6.07, 6.45) is 13.7. The molecule has 2 saturated heterocycles. The third kappa shape index (κ3) is 6.05. The number of piperidine rings is 1. The molecule has 4 nitrogen and oxygen atoms in total. The zero-order valence-corrected chi connectivity index (χ0v) is 23.1. The van der Waals surface area contributed by atoms with Gasteiger partial charge in [-0.15, -0.1) is 11.3 Å². The van der Waals surface area contributed by atoms with Gasteiger partial charge in [0, 0.05) is 23.5 Å². The van der Waals surface area contributed by atoms with E-state index in [-0.39, 0.29) is 0 Å². The lowest BCUT2D eigenvalue weighted by Gasteiger charge is -2.40. The van der Waals surface area contributed by atoms with Gasteiger partial charge in [0.15, 0.2) is 0 Å². The maximum Gasteiger partial charge on any atom is 0.136 e. The number of hydrogen-bond acceptors (Lipinski definition) is 4. The molecule has 3 aromatic rings. The molecule has 3 atom stereocenters. The summed E-state index contributed by atoms with van der Waals surface area (Å²) in [7, 11) is 0. The highest BCUT2D eigenvalue weighted by molar-refractivity contribution is 7.12. The van der Waals surface area contributed by atoms with Crippen LogP contribution in [0.25, 0.3) is 23.4 Å². The minimum Gasteiger partial charge on any atom is -0.306 e. The lowest BCUT2D eigenvalue weighted by atomic mass is 9.82. The van der Waals surface area contributed by atoms with E-state index < -0.39 is 0 Å². The zero-order chi connectivity index (χ0) is 25.1. The fourth-order valence-corrected chi connectivity index (χ4v) is 6.59. The summed E-state index contributed by atoms with van der Waals surface area (Å²) in [6, 6.07) is 4.15. The Kier molecular flexibility index (Phi) is 8.20. The number of nitrogens with zero attached hydrogens (tertiary/aromatic N) is 3. The van der Waals surface area contributed by atoms with Gasteiger partial charge >= 0.3 is 0 Å². The van der Waals surface area contributed by atoms with E-state index in [9.17, 15) is 0 Å². The number of imidazole rings is 1. The number of thiazole rings is 1. The topological polar surface area (TPSA) is 42.2 Å². The van der Waals surface area contributed by atoms with Gasteiger partial charge in [0.25, 0.3) is 0 Å². The van der Waals surface area contributed by atoms with E-state index in [1.807, 2.05) is 46.0 Å². The maximum absolute atomic E-state index is 4.47. The van der Waals surface area contributed by atoms with E-state index in [0.717, 1.165) is 32.8 Å². The summed E-state index contributed by atoms with van der Waals surface area (Å²) < 4.78 is 2.06. The Morgan fingerprint density at radius 3 is 2.38 bits per heavy atom. The largest absolute Gasteiger partial charge is 0.306 e. The predicted octanol–water partition coefficient (Wildman–Crippen LogP) is 7.95. The fraction of sp³-hybridized carbons (Fsp3) is 0.517. The second kappa shape index (κ2) is 10.6. The minimum atomic E-state index is 0.479. The molecule has 184 valence electrons. The van der Waals surface area contributed by atoms with Gasteiger partial charge in [0.05, 0.1) is 21.3 Å². The molecule has 2 fully saturated rings. The number of aromatic nitrogens is 3. The average Bonchev–Trinajstić information content (AvgIpc) is 3.40. The maximum atomic E-state index is 4.47. The highest BCUT2D eigenvalue weighted by Gasteiger charge is 2.47. The van der Waals surface area contributed by atoms with E-state index in [0.29, 0.717) is 11.1 Å². The Hall–Kier alpha value is -2.24. The van der Waals surface area contributed by atoms with E-state index in [1.54, 1.807) is 11.3 Å². The molecule has 0 aliphatic carbocycles. The summed E-state index contributed by atoms with van der Waals surface area (Å²) in [6.45, 7) is 21.1. The molecule has 5 heteroatoms. The Balaban J connectivity index is 0.000000209. The lowest BCUT2D eigenvalue weighted by molar-refractivity contribution is 0.182. The molecule has 0 radical (unpaired) electrons. The van der Waals surface area contributed by atoms with Crippen molar-refractivity contribution in [3.05, 3.63) is 57.9 Å². The van der Waals surface area contributed by atoms with E-state index in [2.05, 4.69) is 72.3 Å². The summed E-state index contributed by atoms with van der Waals surface area (Å²) in [5, 5.41) is 4.83. The van der Waals surface area contributed by atoms with Crippen LogP contribution in [0, 0.1) is 19.8 Å². The second-order valence-electron chi connectivity index (χ2n) is 10.3. The van der Waals surface area contributed by atoms with Crippen LogP contribution in [0.2, 0.25) is 0 Å². The number of allylic oxidation sites excluding steroid dienone is 1. The van der Waals surface area contributed by atoms with Crippen molar-refractivity contribution in [2.45, 2.75) is 92.2 Å². The predicted molar refractivity (Wildman–Crippen MR) is 149 cm³/mol. The minimum absolute atomic E-state index is 0.479. The standard InChI is InChI=1S/C17H17N3S.C10H19N.C2H6/c1-5-15-16(21-13(4)19-15)8-11(2)14-6-7-17-18-12(3)9-20(17)10-14;1-8-6-9(2)4-5-10(3,7-8)11-9;1-2/h5-10H,1H2,2-4H3;8,11H,4-7H2,1-3H3;1-2H3/b11-8+;;/t;8?,9-,10+;. The van der Waals surface area contributed by atoms with Crippen molar-refractivity contribution < 1.29 is 0 Å². The molecule has 34 heavy (non-hydrogen) atoms. The molecule has 1 N–H and O–H groups in total. The van der Waals surface area contributed by atoms with Gasteiger partial charge in [-0.2, -0.15) is 0 Å². The average molecular weight is 479 g/mol. The quantitative estimate of drug-likeness (QED) is 0.415. The molecule has 3 aromatic heterocycles. The Bertz CT molecular complexity index is 1150. The normalized spacial score (nSPS) is 25.9. The molecular formula is C29H42N4S. The third-order valence-corrected chi connectivity index (χ3v) is 7.72. The first-order valence-corrected chi connectivity index (χ1v) is 13.4. The van der Waals surface area contributed by atoms with Crippen LogP contribution in [0.3, 0.4) is 0 Å². The van der Waals surface area contributed by atoms with Crippen molar-refractivity contribution in [3.8, 4) is 0 Å². The van der Waals surface area contributed by atoms with Gasteiger partial charge in [-0.05, 0) is 102 Å². The van der Waals surface area contributed by atoms with Crippen molar-refractivity contribution in [1.82, 2.24) is 19.7 Å². The number of hydrogen-bond donors (Lipinski definition) is 1. The summed E-state index contributed by atoms with van der Waals surface area (Å²) in [5.41, 5.74) is 6.30. The van der Waals surface area contributed by atoms with Crippen LogP contribution >= 0.6 is 11.3 Å². The second-order valence-corrected chi connectivity index (χ2v) is 11.6. The van der Waals surface area contributed by atoms with Gasteiger partial charge in [-0.25, -0.2) is 9.97 Å². The van der Waals surface area contributed by atoms with Crippen molar-refractivity contribution >= 4 is 34.7 Å². The van der Waals surface area contributed by atoms with Crippen molar-refractivity contribution in [2.24, 2.45) is 5.92 Å². The molecular weight excluding hydrogens is 436 g/mol. The van der Waals surface area contributed by atoms with Gasteiger partial charge in [-0.1, -0.05) is 27.4 Å². The molecule has 2 aliphatic heterocycles.